The number of aryl methyl sites for hydroxylation is 2. The molecule has 0 aliphatic carbocycles. The molecule has 0 amide bonds. The van der Waals surface area contributed by atoms with E-state index in [1.807, 2.05) is 22.7 Å². The molecule has 0 spiro atoms. The van der Waals surface area contributed by atoms with E-state index >= 15 is 0 Å². The molecule has 0 aliphatic heterocycles. The van der Waals surface area contributed by atoms with Gasteiger partial charge in [0.15, 0.2) is 0 Å². The van der Waals surface area contributed by atoms with Crippen LogP contribution in [0, 0.1) is 13.8 Å². The zero-order chi connectivity index (χ0) is 23.2. The summed E-state index contributed by atoms with van der Waals surface area (Å²) in [5.41, 5.74) is 8.07. The molecule has 33 heavy (non-hydrogen) atoms. The fraction of sp³-hybridized carbons (Fsp3) is 0.500. The van der Waals surface area contributed by atoms with Gasteiger partial charge in [-0.15, -0.1) is 22.7 Å². The first-order chi connectivity index (χ1) is 16.1. The Morgan fingerprint density at radius 2 is 1.06 bits per heavy atom. The van der Waals surface area contributed by atoms with Crippen molar-refractivity contribution in [1.82, 2.24) is 8.75 Å². The van der Waals surface area contributed by atoms with Gasteiger partial charge < -0.3 is 0 Å². The third-order valence-electron chi connectivity index (χ3n) is 6.46. The molecule has 176 valence electrons. The molecule has 0 radical (unpaired) electrons. The molecule has 4 rings (SSSR count). The molecule has 1 aromatic carbocycles. The van der Waals surface area contributed by atoms with Gasteiger partial charge in [-0.1, -0.05) is 52.4 Å². The molecule has 0 fully saturated rings. The van der Waals surface area contributed by atoms with E-state index in [4.69, 9.17) is 8.75 Å². The van der Waals surface area contributed by atoms with Crippen LogP contribution in [-0.4, -0.2) is 8.75 Å². The highest BCUT2D eigenvalue weighted by Gasteiger charge is 2.25. The molecule has 0 saturated heterocycles. The molecule has 0 N–H and O–H groups in total. The number of benzene rings is 1. The number of hydrogen-bond donors (Lipinski definition) is 0. The van der Waals surface area contributed by atoms with Crippen molar-refractivity contribution < 1.29 is 0 Å². The summed E-state index contributed by atoms with van der Waals surface area (Å²) in [5.74, 6) is 0. The van der Waals surface area contributed by atoms with Crippen molar-refractivity contribution in [3.8, 4) is 20.9 Å². The number of nitrogens with zero attached hydrogens (tertiary/aromatic N) is 2. The van der Waals surface area contributed by atoms with Crippen LogP contribution in [0.15, 0.2) is 24.3 Å². The predicted molar refractivity (Wildman–Crippen MR) is 149 cm³/mol. The van der Waals surface area contributed by atoms with E-state index in [0.717, 1.165) is 23.9 Å². The van der Waals surface area contributed by atoms with E-state index in [0.29, 0.717) is 0 Å². The van der Waals surface area contributed by atoms with Crippen LogP contribution in [-0.2, 0) is 12.8 Å². The van der Waals surface area contributed by atoms with Crippen molar-refractivity contribution in [2.75, 3.05) is 0 Å². The summed E-state index contributed by atoms with van der Waals surface area (Å²) in [5, 5.41) is 0. The number of aromatic nitrogens is 2. The van der Waals surface area contributed by atoms with Crippen LogP contribution in [0.4, 0.5) is 0 Å². The van der Waals surface area contributed by atoms with Crippen molar-refractivity contribution in [1.29, 1.82) is 0 Å². The van der Waals surface area contributed by atoms with Crippen LogP contribution in [0.2, 0.25) is 0 Å². The summed E-state index contributed by atoms with van der Waals surface area (Å²) < 4.78 is 9.79. The molecule has 0 unspecified atom stereocenters. The average Bonchev–Trinajstić information content (AvgIpc) is 3.55. The molecule has 3 heterocycles. The minimum absolute atomic E-state index is 1.12. The van der Waals surface area contributed by atoms with Gasteiger partial charge in [0.05, 0.1) is 11.7 Å². The minimum Gasteiger partial charge on any atom is -0.172 e. The Morgan fingerprint density at radius 1 is 0.606 bits per heavy atom. The van der Waals surface area contributed by atoms with Gasteiger partial charge in [-0.3, -0.25) is 0 Å². The summed E-state index contributed by atoms with van der Waals surface area (Å²) in [4.78, 5) is 5.44. The highest BCUT2D eigenvalue weighted by molar-refractivity contribution is 7.16. The number of fused-ring (bicyclic) bond motifs is 1. The maximum absolute atomic E-state index is 4.90. The van der Waals surface area contributed by atoms with Gasteiger partial charge in [0.2, 0.25) is 0 Å². The van der Waals surface area contributed by atoms with Crippen LogP contribution in [0.5, 0.6) is 0 Å². The fourth-order valence-electron chi connectivity index (χ4n) is 4.78. The Balaban J connectivity index is 1.93. The molecule has 0 atom stereocenters. The molecule has 3 aromatic heterocycles. The van der Waals surface area contributed by atoms with Gasteiger partial charge in [0.25, 0.3) is 0 Å². The van der Waals surface area contributed by atoms with Crippen LogP contribution in [0.1, 0.15) is 86.1 Å². The lowest BCUT2D eigenvalue weighted by Crippen LogP contribution is -2.03. The summed E-state index contributed by atoms with van der Waals surface area (Å²) >= 11 is 5.18. The van der Waals surface area contributed by atoms with Gasteiger partial charge in [0.1, 0.15) is 11.0 Å². The Kier molecular flexibility index (Phi) is 8.72. The largest absolute Gasteiger partial charge is 0.172 e. The van der Waals surface area contributed by atoms with Gasteiger partial charge in [-0.05, 0) is 74.9 Å². The summed E-state index contributed by atoms with van der Waals surface area (Å²) in [6.45, 7) is 9.01. The Bertz CT molecular complexity index is 1090. The summed E-state index contributed by atoms with van der Waals surface area (Å²) in [7, 11) is 0. The van der Waals surface area contributed by atoms with Crippen molar-refractivity contribution in [2.45, 2.75) is 91.9 Å². The Hall–Kier alpha value is -1.56. The lowest BCUT2D eigenvalue weighted by molar-refractivity contribution is 0.652. The Morgan fingerprint density at radius 3 is 1.42 bits per heavy atom. The van der Waals surface area contributed by atoms with Crippen molar-refractivity contribution in [3.05, 3.63) is 45.1 Å². The first-order valence-electron chi connectivity index (χ1n) is 12.6. The third-order valence-corrected chi connectivity index (χ3v) is 9.03. The molecule has 0 saturated carbocycles. The zero-order valence-electron chi connectivity index (χ0n) is 20.5. The minimum atomic E-state index is 1.12. The number of rotatable bonds is 12. The second-order valence-corrected chi connectivity index (χ2v) is 12.2. The van der Waals surface area contributed by atoms with Crippen molar-refractivity contribution in [2.24, 2.45) is 0 Å². The van der Waals surface area contributed by atoms with Crippen LogP contribution >= 0.6 is 34.4 Å². The second kappa shape index (κ2) is 11.7. The van der Waals surface area contributed by atoms with E-state index in [9.17, 15) is 0 Å². The SMILES string of the molecule is CCCCCCc1c(CCCCCC)c(-c2ccc(C)s2)c2nsnc2c1-c1ccc(C)s1. The maximum Gasteiger partial charge on any atom is 0.114 e. The van der Waals surface area contributed by atoms with Gasteiger partial charge in [-0.25, -0.2) is 0 Å². The van der Waals surface area contributed by atoms with E-state index in [1.165, 1.54) is 93.7 Å². The van der Waals surface area contributed by atoms with E-state index in [-0.39, 0.29) is 0 Å². The van der Waals surface area contributed by atoms with Gasteiger partial charge in [0, 0.05) is 30.6 Å². The Labute approximate surface area is 211 Å². The first-order valence-corrected chi connectivity index (χ1v) is 14.9. The van der Waals surface area contributed by atoms with Gasteiger partial charge >= 0.3 is 0 Å². The standard InChI is InChI=1S/C28H36N2S3/c1-5-7-9-11-13-21-22(14-12-10-8-6-2)26(24-18-16-20(4)32-24)28-27(29-33-30-28)25(21)23-17-15-19(3)31-23/h15-18H,5-14H2,1-4H3. The first kappa shape index (κ1) is 24.6. The monoisotopic (exact) mass is 496 g/mol. The summed E-state index contributed by atoms with van der Waals surface area (Å²) in [6, 6.07) is 9.12. The quantitative estimate of drug-likeness (QED) is 0.182. The van der Waals surface area contributed by atoms with Crippen LogP contribution < -0.4 is 0 Å². The van der Waals surface area contributed by atoms with E-state index in [1.54, 1.807) is 11.1 Å². The van der Waals surface area contributed by atoms with Crippen molar-refractivity contribution in [3.63, 3.8) is 0 Å². The molecule has 0 bridgehead atoms. The maximum atomic E-state index is 4.90. The normalized spacial score (nSPS) is 11.6. The van der Waals surface area contributed by atoms with E-state index in [2.05, 4.69) is 52.0 Å². The lowest BCUT2D eigenvalue weighted by Gasteiger charge is -2.19. The van der Waals surface area contributed by atoms with E-state index < -0.39 is 0 Å². The number of hydrogen-bond acceptors (Lipinski definition) is 5. The number of thiophene rings is 2. The summed E-state index contributed by atoms with van der Waals surface area (Å²) in [6.07, 6.45) is 12.6. The smallest absolute Gasteiger partial charge is 0.114 e. The molecule has 5 heteroatoms. The molecule has 4 aromatic rings. The third kappa shape index (κ3) is 5.58. The van der Waals surface area contributed by atoms with Crippen molar-refractivity contribution >= 4 is 45.4 Å². The highest BCUT2D eigenvalue weighted by Crippen LogP contribution is 2.45. The van der Waals surface area contributed by atoms with Gasteiger partial charge in [-0.2, -0.15) is 8.75 Å². The fourth-order valence-corrected chi connectivity index (χ4v) is 7.22. The number of unbranched alkanes of at least 4 members (excludes halogenated alkanes) is 6. The van der Waals surface area contributed by atoms with Crippen LogP contribution in [0.3, 0.4) is 0 Å². The molecular weight excluding hydrogens is 461 g/mol. The second-order valence-electron chi connectivity index (χ2n) is 9.11. The lowest BCUT2D eigenvalue weighted by atomic mass is 9.86. The van der Waals surface area contributed by atoms with Crippen LogP contribution in [0.25, 0.3) is 31.9 Å². The topological polar surface area (TPSA) is 25.8 Å². The molecular formula is C28H36N2S3. The zero-order valence-corrected chi connectivity index (χ0v) is 22.9. The average molecular weight is 497 g/mol. The predicted octanol–water partition coefficient (Wildman–Crippen LogP) is 10.0. The highest BCUT2D eigenvalue weighted by atomic mass is 32.1. The molecule has 0 aliphatic rings. The molecule has 2 nitrogen and oxygen atoms in total.